The molecule has 0 aromatic carbocycles. The molecule has 2 N–H and O–H groups in total. The Kier molecular flexibility index (Phi) is 6.61. The van der Waals surface area contributed by atoms with Gasteiger partial charge in [0, 0.05) is 13.1 Å². The highest BCUT2D eigenvalue weighted by molar-refractivity contribution is 5.82. The van der Waals surface area contributed by atoms with Crippen LogP contribution in [0.5, 0.6) is 0 Å². The van der Waals surface area contributed by atoms with Crippen molar-refractivity contribution < 1.29 is 14.7 Å². The summed E-state index contributed by atoms with van der Waals surface area (Å²) in [6.45, 7) is 7.88. The van der Waals surface area contributed by atoms with Crippen LogP contribution in [0.3, 0.4) is 0 Å². The van der Waals surface area contributed by atoms with E-state index < -0.39 is 12.0 Å². The van der Waals surface area contributed by atoms with E-state index in [4.69, 9.17) is 5.11 Å². The van der Waals surface area contributed by atoms with Crippen LogP contribution in [0.2, 0.25) is 0 Å². The Morgan fingerprint density at radius 2 is 1.82 bits per heavy atom. The third-order valence-corrected chi connectivity index (χ3v) is 2.80. The molecule has 0 radical (unpaired) electrons. The average molecular weight is 244 g/mol. The van der Waals surface area contributed by atoms with Crippen molar-refractivity contribution in [3.05, 3.63) is 0 Å². The molecule has 0 aliphatic rings. The minimum Gasteiger partial charge on any atom is -0.480 e. The fourth-order valence-corrected chi connectivity index (χ4v) is 1.63. The molecule has 100 valence electrons. The Morgan fingerprint density at radius 3 is 2.18 bits per heavy atom. The minimum absolute atomic E-state index is 0.0984. The summed E-state index contributed by atoms with van der Waals surface area (Å²) in [5, 5.41) is 11.4. The Labute approximate surface area is 103 Å². The maximum absolute atomic E-state index is 11.8. The first kappa shape index (κ1) is 15.7. The molecular weight excluding hydrogens is 220 g/mol. The zero-order chi connectivity index (χ0) is 13.6. The lowest BCUT2D eigenvalue weighted by Gasteiger charge is -2.27. The first-order chi connectivity index (χ1) is 7.79. The number of nitrogens with one attached hydrogen (secondary N) is 1. The topological polar surface area (TPSA) is 69.6 Å². The largest absolute Gasteiger partial charge is 0.480 e. The van der Waals surface area contributed by atoms with Gasteiger partial charge in [-0.2, -0.15) is 0 Å². The second kappa shape index (κ2) is 7.14. The van der Waals surface area contributed by atoms with E-state index >= 15 is 0 Å². The molecule has 2 unspecified atom stereocenters. The summed E-state index contributed by atoms with van der Waals surface area (Å²) in [5.74, 6) is -0.493. The molecule has 17 heavy (non-hydrogen) atoms. The van der Waals surface area contributed by atoms with Crippen molar-refractivity contribution in [1.82, 2.24) is 10.2 Å². The van der Waals surface area contributed by atoms with Gasteiger partial charge < -0.3 is 15.3 Å². The first-order valence-corrected chi connectivity index (χ1v) is 6.05. The summed E-state index contributed by atoms with van der Waals surface area (Å²) in [4.78, 5) is 24.2. The van der Waals surface area contributed by atoms with Gasteiger partial charge in [-0.1, -0.05) is 20.8 Å². The van der Waals surface area contributed by atoms with Crippen LogP contribution in [0.1, 0.15) is 40.5 Å². The molecule has 5 nitrogen and oxygen atoms in total. The van der Waals surface area contributed by atoms with E-state index in [9.17, 15) is 9.59 Å². The van der Waals surface area contributed by atoms with Gasteiger partial charge in [0.15, 0.2) is 0 Å². The number of amides is 2. The van der Waals surface area contributed by atoms with Crippen LogP contribution in [-0.2, 0) is 4.79 Å². The number of carboxylic acids is 1. The number of nitrogens with zero attached hydrogens (tertiary/aromatic N) is 1. The van der Waals surface area contributed by atoms with Crippen molar-refractivity contribution in [2.75, 3.05) is 7.05 Å². The van der Waals surface area contributed by atoms with Gasteiger partial charge >= 0.3 is 12.0 Å². The lowest BCUT2D eigenvalue weighted by molar-refractivity contribution is -0.139. The molecule has 0 fully saturated rings. The summed E-state index contributed by atoms with van der Waals surface area (Å²) >= 11 is 0. The van der Waals surface area contributed by atoms with Crippen LogP contribution in [0.15, 0.2) is 0 Å². The molecule has 5 heteroatoms. The summed E-state index contributed by atoms with van der Waals surface area (Å²) in [6.07, 6.45) is 1.28. The standard InChI is InChI=1S/C12H24N2O3/c1-6-10(11(15)16)13-12(17)14(5)9(4)7-8(2)3/h8-10H,6-7H2,1-5H3,(H,13,17)(H,15,16). The fraction of sp³-hybridized carbons (Fsp3) is 0.833. The molecular formula is C12H24N2O3. The molecule has 0 aromatic heterocycles. The lowest BCUT2D eigenvalue weighted by Crippen LogP contribution is -2.49. The Bertz CT molecular complexity index is 266. The first-order valence-electron chi connectivity index (χ1n) is 6.05. The second-order valence-corrected chi connectivity index (χ2v) is 4.84. The zero-order valence-corrected chi connectivity index (χ0v) is 11.4. The van der Waals surface area contributed by atoms with Crippen molar-refractivity contribution in [3.63, 3.8) is 0 Å². The SMILES string of the molecule is CCC(NC(=O)N(C)C(C)CC(C)C)C(=O)O. The van der Waals surface area contributed by atoms with Gasteiger partial charge in [-0.3, -0.25) is 0 Å². The van der Waals surface area contributed by atoms with Gasteiger partial charge in [0.25, 0.3) is 0 Å². The molecule has 0 aliphatic carbocycles. The number of carbonyl (C=O) groups excluding carboxylic acids is 1. The minimum atomic E-state index is -0.995. The average Bonchev–Trinajstić information content (AvgIpc) is 2.22. The molecule has 0 heterocycles. The van der Waals surface area contributed by atoms with Gasteiger partial charge in [-0.05, 0) is 25.7 Å². The van der Waals surface area contributed by atoms with Crippen LogP contribution in [0.25, 0.3) is 0 Å². The van der Waals surface area contributed by atoms with Crippen molar-refractivity contribution in [3.8, 4) is 0 Å². The number of hydrogen-bond acceptors (Lipinski definition) is 2. The Balaban J connectivity index is 4.34. The molecule has 0 spiro atoms. The molecule has 0 aliphatic heterocycles. The Hall–Kier alpha value is -1.26. The number of aliphatic carboxylic acids is 1. The van der Waals surface area contributed by atoms with Crippen molar-refractivity contribution in [2.24, 2.45) is 5.92 Å². The van der Waals surface area contributed by atoms with E-state index in [0.29, 0.717) is 12.3 Å². The van der Waals surface area contributed by atoms with Crippen LogP contribution in [-0.4, -0.2) is 41.1 Å². The van der Waals surface area contributed by atoms with Crippen LogP contribution < -0.4 is 5.32 Å². The quantitative estimate of drug-likeness (QED) is 0.750. The van der Waals surface area contributed by atoms with Crippen molar-refractivity contribution in [2.45, 2.75) is 52.6 Å². The van der Waals surface area contributed by atoms with Crippen molar-refractivity contribution >= 4 is 12.0 Å². The highest BCUT2D eigenvalue weighted by Crippen LogP contribution is 2.09. The predicted molar refractivity (Wildman–Crippen MR) is 66.9 cm³/mol. The van der Waals surface area contributed by atoms with E-state index in [1.54, 1.807) is 18.9 Å². The van der Waals surface area contributed by atoms with Gasteiger partial charge in [-0.15, -0.1) is 0 Å². The fourth-order valence-electron chi connectivity index (χ4n) is 1.63. The van der Waals surface area contributed by atoms with E-state index in [2.05, 4.69) is 19.2 Å². The molecule has 2 amide bonds. The molecule has 0 saturated carbocycles. The van der Waals surface area contributed by atoms with Gasteiger partial charge in [-0.25, -0.2) is 9.59 Å². The number of rotatable bonds is 6. The maximum atomic E-state index is 11.8. The summed E-state index contributed by atoms with van der Waals surface area (Å²) in [7, 11) is 1.69. The van der Waals surface area contributed by atoms with Gasteiger partial charge in [0.1, 0.15) is 6.04 Å². The summed E-state index contributed by atoms with van der Waals surface area (Å²) in [5.41, 5.74) is 0. The number of carboxylic acid groups (broad SMARTS) is 1. The van der Waals surface area contributed by atoms with E-state index in [0.717, 1.165) is 6.42 Å². The van der Waals surface area contributed by atoms with Crippen molar-refractivity contribution in [1.29, 1.82) is 0 Å². The lowest BCUT2D eigenvalue weighted by atomic mass is 10.0. The second-order valence-electron chi connectivity index (χ2n) is 4.84. The normalized spacial score (nSPS) is 14.2. The van der Waals surface area contributed by atoms with Crippen LogP contribution >= 0.6 is 0 Å². The maximum Gasteiger partial charge on any atom is 0.326 e. The van der Waals surface area contributed by atoms with E-state index in [1.807, 2.05) is 6.92 Å². The van der Waals surface area contributed by atoms with Gasteiger partial charge in [0.05, 0.1) is 0 Å². The molecule has 0 bridgehead atoms. The van der Waals surface area contributed by atoms with E-state index in [1.165, 1.54) is 0 Å². The number of hydrogen-bond donors (Lipinski definition) is 2. The third kappa shape index (κ3) is 5.56. The zero-order valence-electron chi connectivity index (χ0n) is 11.4. The van der Waals surface area contributed by atoms with E-state index in [-0.39, 0.29) is 12.1 Å². The summed E-state index contributed by atoms with van der Waals surface area (Å²) in [6, 6.07) is -1.04. The molecule has 0 rings (SSSR count). The monoisotopic (exact) mass is 244 g/mol. The third-order valence-electron chi connectivity index (χ3n) is 2.80. The highest BCUT2D eigenvalue weighted by Gasteiger charge is 2.22. The number of urea groups is 1. The molecule has 2 atom stereocenters. The Morgan fingerprint density at radius 1 is 1.29 bits per heavy atom. The van der Waals surface area contributed by atoms with Gasteiger partial charge in [0.2, 0.25) is 0 Å². The van der Waals surface area contributed by atoms with Crippen LogP contribution in [0, 0.1) is 5.92 Å². The highest BCUT2D eigenvalue weighted by atomic mass is 16.4. The number of carbonyl (C=O) groups is 2. The summed E-state index contributed by atoms with van der Waals surface area (Å²) < 4.78 is 0. The smallest absolute Gasteiger partial charge is 0.326 e. The van der Waals surface area contributed by atoms with Crippen LogP contribution in [0.4, 0.5) is 4.79 Å². The predicted octanol–water partition coefficient (Wildman–Crippen LogP) is 1.93. The molecule has 0 aromatic rings. The molecule has 0 saturated heterocycles.